The Morgan fingerprint density at radius 2 is 1.87 bits per heavy atom. The molecule has 0 aliphatic rings. The van der Waals surface area contributed by atoms with Crippen molar-refractivity contribution in [3.05, 3.63) is 81.9 Å². The Labute approximate surface area is 178 Å². The number of aromatic nitrogens is 5. The number of aromatic amines is 1. The maximum absolute atomic E-state index is 12.8. The third-order valence-electron chi connectivity index (χ3n) is 4.98. The first-order valence-corrected chi connectivity index (χ1v) is 10.0. The van der Waals surface area contributed by atoms with Crippen LogP contribution in [0.3, 0.4) is 0 Å². The first-order valence-electron chi connectivity index (χ1n) is 10.0. The van der Waals surface area contributed by atoms with Gasteiger partial charge in [-0.15, -0.1) is 0 Å². The lowest BCUT2D eigenvalue weighted by atomic mass is 10.1. The lowest BCUT2D eigenvalue weighted by molar-refractivity contribution is -0.121. The minimum absolute atomic E-state index is 0.0766. The molecule has 0 radical (unpaired) electrons. The van der Waals surface area contributed by atoms with Crippen LogP contribution in [0, 0.1) is 6.92 Å². The van der Waals surface area contributed by atoms with Crippen molar-refractivity contribution in [2.45, 2.75) is 26.4 Å². The number of nitrogens with one attached hydrogen (secondary N) is 3. The van der Waals surface area contributed by atoms with E-state index in [1.807, 2.05) is 48.5 Å². The van der Waals surface area contributed by atoms with E-state index in [1.54, 1.807) is 13.1 Å². The van der Waals surface area contributed by atoms with E-state index in [0.717, 1.165) is 23.0 Å². The maximum Gasteiger partial charge on any atom is 0.293 e. The van der Waals surface area contributed by atoms with Crippen molar-refractivity contribution in [3.8, 4) is 0 Å². The molecule has 0 atom stereocenters. The number of hydrogen-bond donors (Lipinski definition) is 3. The minimum atomic E-state index is -0.313. The van der Waals surface area contributed by atoms with Gasteiger partial charge in [-0.3, -0.25) is 14.2 Å². The number of benzene rings is 2. The van der Waals surface area contributed by atoms with E-state index in [0.29, 0.717) is 18.8 Å². The van der Waals surface area contributed by atoms with Crippen molar-refractivity contribution in [3.63, 3.8) is 0 Å². The summed E-state index contributed by atoms with van der Waals surface area (Å²) in [6.45, 7) is 2.59. The molecule has 2 heterocycles. The van der Waals surface area contributed by atoms with Crippen LogP contribution in [0.1, 0.15) is 16.8 Å². The average Bonchev–Trinajstić information content (AvgIpc) is 3.25. The summed E-state index contributed by atoms with van der Waals surface area (Å²) in [5, 5.41) is 16.5. The van der Waals surface area contributed by atoms with E-state index in [2.05, 4.69) is 31.0 Å². The number of nitrogens with zero attached hydrogens (tertiary/aromatic N) is 4. The van der Waals surface area contributed by atoms with Gasteiger partial charge in [0.15, 0.2) is 5.82 Å². The molecule has 2 aromatic carbocycles. The zero-order valence-corrected chi connectivity index (χ0v) is 17.1. The number of rotatable bonds is 8. The van der Waals surface area contributed by atoms with Gasteiger partial charge >= 0.3 is 0 Å². The minimum Gasteiger partial charge on any atom is -0.365 e. The fourth-order valence-corrected chi connectivity index (χ4v) is 3.25. The lowest BCUT2D eigenvalue weighted by Crippen LogP contribution is -2.34. The van der Waals surface area contributed by atoms with Crippen LogP contribution in [0.2, 0.25) is 0 Å². The molecule has 158 valence electrons. The Morgan fingerprint density at radius 3 is 2.71 bits per heavy atom. The van der Waals surface area contributed by atoms with Gasteiger partial charge < -0.3 is 10.6 Å². The zero-order valence-electron chi connectivity index (χ0n) is 17.1. The van der Waals surface area contributed by atoms with Gasteiger partial charge in [0.25, 0.3) is 5.56 Å². The topological polar surface area (TPSA) is 118 Å². The van der Waals surface area contributed by atoms with Gasteiger partial charge in [0, 0.05) is 25.0 Å². The molecule has 0 spiro atoms. The van der Waals surface area contributed by atoms with Crippen LogP contribution in [-0.2, 0) is 24.3 Å². The van der Waals surface area contributed by atoms with E-state index in [1.165, 1.54) is 10.1 Å². The quantitative estimate of drug-likeness (QED) is 0.402. The van der Waals surface area contributed by atoms with E-state index in [4.69, 9.17) is 0 Å². The van der Waals surface area contributed by atoms with Gasteiger partial charge in [0.2, 0.25) is 5.91 Å². The maximum atomic E-state index is 12.8. The fourth-order valence-electron chi connectivity index (χ4n) is 3.25. The Kier molecular flexibility index (Phi) is 6.02. The van der Waals surface area contributed by atoms with Crippen LogP contribution in [0.15, 0.2) is 59.5 Å². The summed E-state index contributed by atoms with van der Waals surface area (Å²) >= 11 is 0. The second-order valence-corrected chi connectivity index (χ2v) is 7.23. The predicted octanol–water partition coefficient (Wildman–Crippen LogP) is 1.79. The molecule has 0 unspecified atom stereocenters. The van der Waals surface area contributed by atoms with Gasteiger partial charge in [0.1, 0.15) is 17.6 Å². The molecule has 2 aromatic heterocycles. The molecule has 3 N–H and O–H groups in total. The smallest absolute Gasteiger partial charge is 0.293 e. The van der Waals surface area contributed by atoms with Gasteiger partial charge in [-0.1, -0.05) is 36.4 Å². The number of aryl methyl sites for hydroxylation is 1. The summed E-state index contributed by atoms with van der Waals surface area (Å²) in [6, 6.07) is 15.6. The number of H-pyrrole nitrogens is 1. The molecular formula is C22H23N7O2. The van der Waals surface area contributed by atoms with Crippen LogP contribution in [0.25, 0.3) is 11.0 Å². The highest BCUT2D eigenvalue weighted by atomic mass is 16.2. The van der Waals surface area contributed by atoms with Crippen molar-refractivity contribution >= 4 is 22.8 Å². The van der Waals surface area contributed by atoms with Crippen molar-refractivity contribution in [1.29, 1.82) is 0 Å². The van der Waals surface area contributed by atoms with E-state index in [-0.39, 0.29) is 23.8 Å². The SMILES string of the molecule is Cc1cnc(NCCc2ccccc2)c(=O)n1CC(=O)NCc1ccc2n[nH]nc2c1. The van der Waals surface area contributed by atoms with Crippen LogP contribution >= 0.6 is 0 Å². The Bertz CT molecular complexity index is 1250. The monoisotopic (exact) mass is 417 g/mol. The van der Waals surface area contributed by atoms with Crippen LogP contribution in [0.5, 0.6) is 0 Å². The molecule has 4 rings (SSSR count). The van der Waals surface area contributed by atoms with E-state index < -0.39 is 0 Å². The largest absolute Gasteiger partial charge is 0.365 e. The molecule has 0 fully saturated rings. The number of amides is 1. The van der Waals surface area contributed by atoms with E-state index >= 15 is 0 Å². The first kappa shape index (κ1) is 20.3. The highest BCUT2D eigenvalue weighted by Gasteiger charge is 2.12. The lowest BCUT2D eigenvalue weighted by Gasteiger charge is -2.12. The van der Waals surface area contributed by atoms with Crippen molar-refractivity contribution < 1.29 is 4.79 Å². The number of carbonyl (C=O) groups is 1. The molecule has 0 aliphatic carbocycles. The summed E-state index contributed by atoms with van der Waals surface area (Å²) < 4.78 is 1.42. The standard InChI is InChI=1S/C22H23N7O2/c1-15-12-25-21(23-10-9-16-5-3-2-4-6-16)22(31)29(15)14-20(30)24-13-17-7-8-18-19(11-17)27-28-26-18/h2-8,11-12H,9-10,13-14H2,1H3,(H,23,25)(H,24,30)(H,26,27,28). The molecule has 9 nitrogen and oxygen atoms in total. The summed E-state index contributed by atoms with van der Waals surface area (Å²) in [7, 11) is 0. The van der Waals surface area contributed by atoms with Gasteiger partial charge in [-0.05, 0) is 36.6 Å². The second kappa shape index (κ2) is 9.21. The highest BCUT2D eigenvalue weighted by molar-refractivity contribution is 5.77. The van der Waals surface area contributed by atoms with Crippen LogP contribution in [0.4, 0.5) is 5.82 Å². The molecular weight excluding hydrogens is 394 g/mol. The van der Waals surface area contributed by atoms with Crippen molar-refractivity contribution in [1.82, 2.24) is 30.3 Å². The summed E-state index contributed by atoms with van der Waals surface area (Å²) in [6.07, 6.45) is 2.37. The van der Waals surface area contributed by atoms with Crippen molar-refractivity contribution in [2.75, 3.05) is 11.9 Å². The molecule has 0 aliphatic heterocycles. The summed E-state index contributed by atoms with van der Waals surface area (Å²) in [5.41, 5.74) is 3.88. The number of carbonyl (C=O) groups excluding carboxylic acids is 1. The molecule has 31 heavy (non-hydrogen) atoms. The molecule has 0 bridgehead atoms. The number of fused-ring (bicyclic) bond motifs is 1. The summed E-state index contributed by atoms with van der Waals surface area (Å²) in [4.78, 5) is 29.5. The van der Waals surface area contributed by atoms with Crippen molar-refractivity contribution in [2.24, 2.45) is 0 Å². The molecule has 1 amide bonds. The fraction of sp³-hybridized carbons (Fsp3) is 0.227. The highest BCUT2D eigenvalue weighted by Crippen LogP contribution is 2.10. The Balaban J connectivity index is 1.37. The zero-order chi connectivity index (χ0) is 21.6. The molecule has 9 heteroatoms. The van der Waals surface area contributed by atoms with Crippen LogP contribution in [-0.4, -0.2) is 37.4 Å². The average molecular weight is 417 g/mol. The number of hydrogen-bond acceptors (Lipinski definition) is 6. The van der Waals surface area contributed by atoms with Gasteiger partial charge in [-0.2, -0.15) is 15.4 Å². The Hall–Kier alpha value is -4.01. The molecule has 0 saturated heterocycles. The van der Waals surface area contributed by atoms with Gasteiger partial charge in [-0.25, -0.2) is 4.98 Å². The first-order chi connectivity index (χ1) is 15.1. The predicted molar refractivity (Wildman–Crippen MR) is 118 cm³/mol. The Morgan fingerprint density at radius 1 is 1.06 bits per heavy atom. The normalized spacial score (nSPS) is 10.9. The van der Waals surface area contributed by atoms with E-state index in [9.17, 15) is 9.59 Å². The number of anilines is 1. The van der Waals surface area contributed by atoms with Gasteiger partial charge in [0.05, 0.1) is 0 Å². The second-order valence-electron chi connectivity index (χ2n) is 7.23. The molecule has 0 saturated carbocycles. The van der Waals surface area contributed by atoms with Crippen LogP contribution < -0.4 is 16.2 Å². The summed E-state index contributed by atoms with van der Waals surface area (Å²) in [5.74, 6) is -0.0160. The third-order valence-corrected chi connectivity index (χ3v) is 4.98. The molecule has 4 aromatic rings. The third kappa shape index (κ3) is 4.95.